The fourth-order valence-electron chi connectivity index (χ4n) is 3.46. The van der Waals surface area contributed by atoms with E-state index in [1.807, 2.05) is 41.3 Å². The monoisotopic (exact) mass is 401 g/mol. The van der Waals surface area contributed by atoms with Crippen LogP contribution in [0.25, 0.3) is 5.65 Å². The molecule has 0 aliphatic carbocycles. The molecule has 2 aromatic heterocycles. The van der Waals surface area contributed by atoms with E-state index in [2.05, 4.69) is 27.0 Å². The largest absolute Gasteiger partial charge is 0.306 e. The van der Waals surface area contributed by atoms with Crippen LogP contribution in [0, 0.1) is 18.7 Å². The predicted octanol–water partition coefficient (Wildman–Crippen LogP) is 4.27. The normalized spacial score (nSPS) is 17.2. The molecule has 0 spiro atoms. The minimum Gasteiger partial charge on any atom is -0.306 e. The van der Waals surface area contributed by atoms with Crippen LogP contribution in [0.3, 0.4) is 0 Å². The summed E-state index contributed by atoms with van der Waals surface area (Å²) in [5, 5.41) is 0. The fraction of sp³-hybridized carbons (Fsp3) is 0.263. The van der Waals surface area contributed by atoms with E-state index in [0.717, 1.165) is 23.5 Å². The van der Waals surface area contributed by atoms with Crippen LogP contribution >= 0.6 is 15.9 Å². The number of fused-ring (bicyclic) bond motifs is 2. The van der Waals surface area contributed by atoms with Crippen molar-refractivity contribution in [1.82, 2.24) is 9.38 Å². The predicted molar refractivity (Wildman–Crippen MR) is 98.1 cm³/mol. The van der Waals surface area contributed by atoms with Gasteiger partial charge in [-0.05, 0) is 40.9 Å². The third-order valence-electron chi connectivity index (χ3n) is 4.77. The molecule has 1 atom stereocenters. The van der Waals surface area contributed by atoms with Crippen LogP contribution in [-0.4, -0.2) is 15.3 Å². The highest BCUT2D eigenvalue weighted by molar-refractivity contribution is 9.10. The Morgan fingerprint density at radius 3 is 2.92 bits per heavy atom. The number of imidazole rings is 1. The number of amides is 1. The third-order valence-corrected chi connectivity index (χ3v) is 5.35. The standard InChI is InChI=1S/C19H17BrFN3O/c1-11-7-13-5-3-4-6-16(13)24(19(11)25)10-17-12(2)22-18-8-15(21)14(20)9-23(17)18/h3-6,8-9,11H,7,10H2,1-2H3. The van der Waals surface area contributed by atoms with Gasteiger partial charge in [-0.25, -0.2) is 9.37 Å². The van der Waals surface area contributed by atoms with E-state index in [-0.39, 0.29) is 17.6 Å². The third kappa shape index (κ3) is 2.65. The molecular weight excluding hydrogens is 385 g/mol. The zero-order valence-electron chi connectivity index (χ0n) is 14.0. The molecule has 25 heavy (non-hydrogen) atoms. The van der Waals surface area contributed by atoms with Crippen molar-refractivity contribution in [2.75, 3.05) is 4.90 Å². The van der Waals surface area contributed by atoms with E-state index in [1.54, 1.807) is 6.20 Å². The van der Waals surface area contributed by atoms with Gasteiger partial charge in [-0.3, -0.25) is 4.79 Å². The number of hydrogen-bond acceptors (Lipinski definition) is 2. The highest BCUT2D eigenvalue weighted by Crippen LogP contribution is 2.32. The van der Waals surface area contributed by atoms with Crippen LogP contribution in [0.1, 0.15) is 23.9 Å². The second kappa shape index (κ2) is 5.95. The van der Waals surface area contributed by atoms with Gasteiger partial charge in [-0.15, -0.1) is 0 Å². The maximum Gasteiger partial charge on any atom is 0.230 e. The van der Waals surface area contributed by atoms with Crippen molar-refractivity contribution in [3.63, 3.8) is 0 Å². The molecule has 128 valence electrons. The molecule has 1 aliphatic rings. The van der Waals surface area contributed by atoms with Crippen molar-refractivity contribution >= 4 is 33.2 Å². The topological polar surface area (TPSA) is 37.6 Å². The van der Waals surface area contributed by atoms with E-state index in [9.17, 15) is 9.18 Å². The molecular formula is C19H17BrFN3O. The Morgan fingerprint density at radius 1 is 1.36 bits per heavy atom. The molecule has 1 unspecified atom stereocenters. The highest BCUT2D eigenvalue weighted by Gasteiger charge is 2.30. The summed E-state index contributed by atoms with van der Waals surface area (Å²) in [6, 6.07) is 9.39. The SMILES string of the molecule is Cc1nc2cc(F)c(Br)cn2c1CN1C(=O)C(C)Cc2ccccc21. The zero-order valence-corrected chi connectivity index (χ0v) is 15.5. The summed E-state index contributed by atoms with van der Waals surface area (Å²) in [6.45, 7) is 4.25. The molecule has 0 saturated heterocycles. The molecule has 0 bridgehead atoms. The number of para-hydroxylation sites is 1. The van der Waals surface area contributed by atoms with Crippen LogP contribution in [0.2, 0.25) is 0 Å². The first-order valence-corrected chi connectivity index (χ1v) is 8.97. The van der Waals surface area contributed by atoms with Crippen molar-refractivity contribution in [3.05, 3.63) is 63.8 Å². The number of halogens is 2. The second-order valence-corrected chi connectivity index (χ2v) is 7.35. The van der Waals surface area contributed by atoms with Gasteiger partial charge in [0.1, 0.15) is 11.5 Å². The summed E-state index contributed by atoms with van der Waals surface area (Å²) in [4.78, 5) is 19.1. The number of rotatable bonds is 2. The number of carbonyl (C=O) groups excluding carboxylic acids is 1. The van der Waals surface area contributed by atoms with Gasteiger partial charge in [-0.1, -0.05) is 25.1 Å². The lowest BCUT2D eigenvalue weighted by Crippen LogP contribution is -2.40. The highest BCUT2D eigenvalue weighted by atomic mass is 79.9. The summed E-state index contributed by atoms with van der Waals surface area (Å²) in [6.07, 6.45) is 2.43. The molecule has 0 radical (unpaired) electrons. The number of aromatic nitrogens is 2. The van der Waals surface area contributed by atoms with Gasteiger partial charge < -0.3 is 9.30 Å². The van der Waals surface area contributed by atoms with Gasteiger partial charge in [0.05, 0.1) is 22.4 Å². The average Bonchev–Trinajstić information content (AvgIpc) is 2.87. The molecule has 0 fully saturated rings. The van der Waals surface area contributed by atoms with Gasteiger partial charge in [0.2, 0.25) is 5.91 Å². The van der Waals surface area contributed by atoms with Gasteiger partial charge in [0, 0.05) is 23.9 Å². The summed E-state index contributed by atoms with van der Waals surface area (Å²) in [7, 11) is 0. The van der Waals surface area contributed by atoms with E-state index in [1.165, 1.54) is 11.6 Å². The Kier molecular flexibility index (Phi) is 3.87. The minimum atomic E-state index is -0.350. The summed E-state index contributed by atoms with van der Waals surface area (Å²) < 4.78 is 16.0. The van der Waals surface area contributed by atoms with Gasteiger partial charge >= 0.3 is 0 Å². The number of benzene rings is 1. The Morgan fingerprint density at radius 2 is 2.12 bits per heavy atom. The van der Waals surface area contributed by atoms with Crippen LogP contribution in [0.15, 0.2) is 41.0 Å². The molecule has 3 aromatic rings. The Balaban J connectivity index is 1.82. The van der Waals surface area contributed by atoms with E-state index >= 15 is 0 Å². The van der Waals surface area contributed by atoms with Crippen molar-refractivity contribution in [2.45, 2.75) is 26.8 Å². The number of carbonyl (C=O) groups is 1. The Bertz CT molecular complexity index is 998. The smallest absolute Gasteiger partial charge is 0.230 e. The lowest BCUT2D eigenvalue weighted by atomic mass is 9.93. The second-order valence-electron chi connectivity index (χ2n) is 6.50. The first kappa shape index (κ1) is 16.3. The van der Waals surface area contributed by atoms with Gasteiger partial charge in [0.25, 0.3) is 0 Å². The first-order valence-electron chi connectivity index (χ1n) is 8.17. The van der Waals surface area contributed by atoms with Crippen molar-refractivity contribution in [3.8, 4) is 0 Å². The molecule has 1 aromatic carbocycles. The van der Waals surface area contributed by atoms with Crippen LogP contribution in [-0.2, 0) is 17.8 Å². The lowest BCUT2D eigenvalue weighted by Gasteiger charge is -2.32. The van der Waals surface area contributed by atoms with Crippen LogP contribution in [0.5, 0.6) is 0 Å². The number of anilines is 1. The number of hydrogen-bond donors (Lipinski definition) is 0. The maximum absolute atomic E-state index is 13.8. The lowest BCUT2D eigenvalue weighted by molar-refractivity contribution is -0.122. The molecule has 4 nitrogen and oxygen atoms in total. The number of aryl methyl sites for hydroxylation is 1. The van der Waals surface area contributed by atoms with E-state index in [4.69, 9.17) is 0 Å². The van der Waals surface area contributed by atoms with Gasteiger partial charge in [0.15, 0.2) is 0 Å². The van der Waals surface area contributed by atoms with Crippen LogP contribution in [0.4, 0.5) is 10.1 Å². The molecule has 0 saturated carbocycles. The molecule has 1 aliphatic heterocycles. The fourth-order valence-corrected chi connectivity index (χ4v) is 3.78. The first-order chi connectivity index (χ1) is 12.0. The number of pyridine rings is 1. The maximum atomic E-state index is 13.8. The molecule has 4 rings (SSSR count). The van der Waals surface area contributed by atoms with E-state index < -0.39 is 0 Å². The van der Waals surface area contributed by atoms with E-state index in [0.29, 0.717) is 16.7 Å². The van der Waals surface area contributed by atoms with Gasteiger partial charge in [-0.2, -0.15) is 0 Å². The average molecular weight is 402 g/mol. The van der Waals surface area contributed by atoms with Crippen LogP contribution < -0.4 is 4.90 Å². The summed E-state index contributed by atoms with van der Waals surface area (Å²) >= 11 is 3.23. The quantitative estimate of drug-likeness (QED) is 0.642. The minimum absolute atomic E-state index is 0.0569. The molecule has 1 amide bonds. The van der Waals surface area contributed by atoms with Crippen molar-refractivity contribution in [1.29, 1.82) is 0 Å². The Labute approximate surface area is 153 Å². The summed E-state index contributed by atoms with van der Waals surface area (Å²) in [5.74, 6) is -0.301. The zero-order chi connectivity index (χ0) is 17.7. The Hall–Kier alpha value is -2.21. The van der Waals surface area contributed by atoms with Crippen molar-refractivity contribution < 1.29 is 9.18 Å². The summed E-state index contributed by atoms with van der Waals surface area (Å²) in [5.41, 5.74) is 4.34. The molecule has 3 heterocycles. The molecule has 0 N–H and O–H groups in total. The molecule has 6 heteroatoms. The van der Waals surface area contributed by atoms with Crippen molar-refractivity contribution in [2.24, 2.45) is 5.92 Å². The number of nitrogens with zero attached hydrogens (tertiary/aromatic N) is 3.